The number of carbonyl (C=O) groups is 2. The molecule has 33 heavy (non-hydrogen) atoms. The van der Waals surface area contributed by atoms with Crippen molar-refractivity contribution in [3.8, 4) is 5.75 Å². The van der Waals surface area contributed by atoms with E-state index in [9.17, 15) is 9.59 Å². The van der Waals surface area contributed by atoms with Crippen molar-refractivity contribution >= 4 is 47.0 Å². The van der Waals surface area contributed by atoms with E-state index in [1.807, 2.05) is 4.90 Å². The van der Waals surface area contributed by atoms with Crippen LogP contribution in [0.4, 0.5) is 17.3 Å². The van der Waals surface area contributed by atoms with Crippen molar-refractivity contribution in [2.45, 2.75) is 31.6 Å². The molecule has 5 heterocycles. The van der Waals surface area contributed by atoms with E-state index in [-0.39, 0.29) is 11.8 Å². The van der Waals surface area contributed by atoms with E-state index in [1.54, 1.807) is 24.4 Å². The molecule has 1 unspecified atom stereocenters. The van der Waals surface area contributed by atoms with Gasteiger partial charge in [-0.1, -0.05) is 11.6 Å². The summed E-state index contributed by atoms with van der Waals surface area (Å²) in [5, 5.41) is 3.34. The number of ether oxygens (including phenoxy) is 1. The third-order valence-electron chi connectivity index (χ3n) is 6.21. The van der Waals surface area contributed by atoms with Crippen molar-refractivity contribution < 1.29 is 14.3 Å². The number of benzene rings is 1. The molecule has 0 spiro atoms. The van der Waals surface area contributed by atoms with Gasteiger partial charge < -0.3 is 19.9 Å². The summed E-state index contributed by atoms with van der Waals surface area (Å²) in [7, 11) is 0. The molecule has 1 atom stereocenters. The number of nitrogens with one attached hydrogen (secondary N) is 1. The number of nitrogens with zero attached hydrogens (tertiary/aromatic N) is 5. The summed E-state index contributed by atoms with van der Waals surface area (Å²) in [5.41, 5.74) is 1.36. The number of halogens is 1. The van der Waals surface area contributed by atoms with Gasteiger partial charge in [0.05, 0.1) is 22.9 Å². The summed E-state index contributed by atoms with van der Waals surface area (Å²) >= 11 is 6.29. The zero-order chi connectivity index (χ0) is 22.8. The second-order valence-corrected chi connectivity index (χ2v) is 8.75. The van der Waals surface area contributed by atoms with Crippen LogP contribution in [-0.4, -0.2) is 65.7 Å². The highest BCUT2D eigenvalue weighted by Gasteiger charge is 2.36. The van der Waals surface area contributed by atoms with Gasteiger partial charge >= 0.3 is 0 Å². The molecule has 6 rings (SSSR count). The van der Waals surface area contributed by atoms with Crippen LogP contribution in [0, 0.1) is 0 Å². The highest BCUT2D eigenvalue weighted by Crippen LogP contribution is 2.37. The first-order valence-electron chi connectivity index (χ1n) is 11.2. The van der Waals surface area contributed by atoms with Gasteiger partial charge in [-0.05, 0) is 31.4 Å². The number of piperazine rings is 1. The molecule has 2 aromatic rings. The molecule has 172 valence electrons. The van der Waals surface area contributed by atoms with Crippen LogP contribution < -0.4 is 15.0 Å². The summed E-state index contributed by atoms with van der Waals surface area (Å²) in [5.74, 6) is 1.14. The number of amides is 2. The molecule has 4 aliphatic rings. The second kappa shape index (κ2) is 9.35. The Bertz CT molecular complexity index is 1100. The first-order chi connectivity index (χ1) is 16.1. The Kier molecular flexibility index (Phi) is 6.13. The van der Waals surface area contributed by atoms with Gasteiger partial charge in [0.2, 0.25) is 11.8 Å². The van der Waals surface area contributed by atoms with Gasteiger partial charge in [-0.2, -0.15) is 0 Å². The Balaban J connectivity index is 1.49. The summed E-state index contributed by atoms with van der Waals surface area (Å²) in [6, 6.07) is 5.29. The molecule has 0 saturated carbocycles. The number of hydrogen-bond acceptors (Lipinski definition) is 7. The lowest BCUT2D eigenvalue weighted by Crippen LogP contribution is -2.49. The van der Waals surface area contributed by atoms with Crippen LogP contribution in [0.5, 0.6) is 5.75 Å². The van der Waals surface area contributed by atoms with E-state index in [0.717, 1.165) is 24.8 Å². The molecule has 0 radical (unpaired) electrons. The molecule has 2 amide bonds. The minimum atomic E-state index is -0.613. The minimum absolute atomic E-state index is 0.180. The standard InChI is InChI=1S/C23H25ClN6O3/c24-17-6-5-15-12-18(17)33-11-3-1-2-4-19(31)29-7-9-30(10-8-29)22-20-16(13-25-15)23(32)28-21(20)26-14-27-22/h5-6,12-14,16H,1-4,7-11H2,(H,26,27,28,32). The van der Waals surface area contributed by atoms with Gasteiger partial charge in [0, 0.05) is 44.9 Å². The predicted octanol–water partition coefficient (Wildman–Crippen LogP) is 3.17. The van der Waals surface area contributed by atoms with Crippen LogP contribution in [0.2, 0.25) is 5.02 Å². The molecule has 9 nitrogen and oxygen atoms in total. The zero-order valence-corrected chi connectivity index (χ0v) is 18.9. The summed E-state index contributed by atoms with van der Waals surface area (Å²) in [4.78, 5) is 42.7. The number of aromatic nitrogens is 2. The number of carbonyl (C=O) groups excluding carboxylic acids is 2. The third-order valence-corrected chi connectivity index (χ3v) is 6.52. The Morgan fingerprint density at radius 3 is 2.70 bits per heavy atom. The number of hydrogen-bond donors (Lipinski definition) is 1. The molecule has 4 aliphatic heterocycles. The van der Waals surface area contributed by atoms with Gasteiger partial charge in [-0.3, -0.25) is 14.6 Å². The maximum absolute atomic E-state index is 12.7. The van der Waals surface area contributed by atoms with Crippen molar-refractivity contribution in [2.75, 3.05) is 43.0 Å². The number of aliphatic imine (C=N–C) groups is 1. The predicted molar refractivity (Wildman–Crippen MR) is 126 cm³/mol. The van der Waals surface area contributed by atoms with Crippen LogP contribution in [0.3, 0.4) is 0 Å². The van der Waals surface area contributed by atoms with Gasteiger partial charge in [-0.25, -0.2) is 9.97 Å². The zero-order valence-electron chi connectivity index (χ0n) is 18.2. The maximum atomic E-state index is 12.7. The highest BCUT2D eigenvalue weighted by atomic mass is 35.5. The third kappa shape index (κ3) is 4.50. The molecule has 1 saturated heterocycles. The van der Waals surface area contributed by atoms with E-state index in [1.165, 1.54) is 6.33 Å². The lowest BCUT2D eigenvalue weighted by Gasteiger charge is -2.36. The Hall–Kier alpha value is -3.20. The summed E-state index contributed by atoms with van der Waals surface area (Å²) in [6.45, 7) is 3.08. The summed E-state index contributed by atoms with van der Waals surface area (Å²) < 4.78 is 5.85. The van der Waals surface area contributed by atoms with Crippen LogP contribution in [0.1, 0.15) is 37.2 Å². The van der Waals surface area contributed by atoms with Crippen molar-refractivity contribution in [1.82, 2.24) is 14.9 Å². The maximum Gasteiger partial charge on any atom is 0.238 e. The van der Waals surface area contributed by atoms with E-state index >= 15 is 0 Å². The quantitative estimate of drug-likeness (QED) is 0.637. The van der Waals surface area contributed by atoms with Gasteiger partial charge in [0.1, 0.15) is 29.6 Å². The molecule has 4 bridgehead atoms. The van der Waals surface area contributed by atoms with E-state index in [2.05, 4.69) is 25.2 Å². The highest BCUT2D eigenvalue weighted by molar-refractivity contribution is 6.32. The SMILES string of the molecule is O=C1Nc2ncnc3c2C1C=Nc1ccc(Cl)c(c1)OCCCCCC(=O)N1CCN3CC1. The fourth-order valence-electron chi connectivity index (χ4n) is 4.40. The first-order valence-corrected chi connectivity index (χ1v) is 11.6. The lowest BCUT2D eigenvalue weighted by molar-refractivity contribution is -0.131. The van der Waals surface area contributed by atoms with E-state index < -0.39 is 5.92 Å². The number of rotatable bonds is 0. The smallest absolute Gasteiger partial charge is 0.238 e. The largest absolute Gasteiger partial charge is 0.492 e. The Morgan fingerprint density at radius 2 is 1.85 bits per heavy atom. The average Bonchev–Trinajstić information content (AvgIpc) is 3.15. The van der Waals surface area contributed by atoms with Crippen LogP contribution in [-0.2, 0) is 9.59 Å². The molecule has 10 heteroatoms. The van der Waals surface area contributed by atoms with Gasteiger partial charge in [0.25, 0.3) is 0 Å². The first kappa shape index (κ1) is 21.6. The van der Waals surface area contributed by atoms with Crippen LogP contribution >= 0.6 is 11.6 Å². The Morgan fingerprint density at radius 1 is 1.03 bits per heavy atom. The topological polar surface area (TPSA) is 100 Å². The van der Waals surface area contributed by atoms with E-state index in [0.29, 0.717) is 67.3 Å². The van der Waals surface area contributed by atoms with Gasteiger partial charge in [0.15, 0.2) is 0 Å². The molecule has 1 aromatic carbocycles. The van der Waals surface area contributed by atoms with Crippen molar-refractivity contribution in [2.24, 2.45) is 4.99 Å². The van der Waals surface area contributed by atoms with Crippen molar-refractivity contribution in [3.63, 3.8) is 0 Å². The lowest BCUT2D eigenvalue weighted by atomic mass is 10.0. The van der Waals surface area contributed by atoms with Crippen LogP contribution in [0.15, 0.2) is 29.5 Å². The molecule has 1 fully saturated rings. The molecular formula is C23H25ClN6O3. The molecular weight excluding hydrogens is 444 g/mol. The fraction of sp³-hybridized carbons (Fsp3) is 0.435. The number of fused-ring (bicyclic) bond motifs is 8. The second-order valence-electron chi connectivity index (χ2n) is 8.35. The number of anilines is 2. The minimum Gasteiger partial charge on any atom is -0.492 e. The average molecular weight is 469 g/mol. The van der Waals surface area contributed by atoms with Crippen molar-refractivity contribution in [3.05, 3.63) is 35.1 Å². The monoisotopic (exact) mass is 468 g/mol. The van der Waals surface area contributed by atoms with E-state index in [4.69, 9.17) is 16.3 Å². The van der Waals surface area contributed by atoms with Gasteiger partial charge in [-0.15, -0.1) is 0 Å². The Labute approximate surface area is 196 Å². The normalized spacial score (nSPS) is 21.1. The fourth-order valence-corrected chi connectivity index (χ4v) is 4.57. The van der Waals surface area contributed by atoms with Crippen molar-refractivity contribution in [1.29, 1.82) is 0 Å². The van der Waals surface area contributed by atoms with Crippen LogP contribution in [0.25, 0.3) is 0 Å². The molecule has 1 N–H and O–H groups in total. The summed E-state index contributed by atoms with van der Waals surface area (Å²) in [6.07, 6.45) is 6.19. The molecule has 1 aromatic heterocycles. The molecule has 0 aliphatic carbocycles.